The SMILES string of the molecule is CC(O)CNC1CSC(C)C1. The lowest BCUT2D eigenvalue weighted by molar-refractivity contribution is 0.187. The fourth-order valence-corrected chi connectivity index (χ4v) is 2.48. The summed E-state index contributed by atoms with van der Waals surface area (Å²) in [6, 6.07) is 0.629. The Hall–Kier alpha value is 0.270. The molecule has 66 valence electrons. The molecular formula is C8H17NOS. The first-order valence-corrected chi connectivity index (χ1v) is 5.26. The van der Waals surface area contributed by atoms with Gasteiger partial charge in [-0.15, -0.1) is 0 Å². The summed E-state index contributed by atoms with van der Waals surface area (Å²) < 4.78 is 0. The second kappa shape index (κ2) is 4.33. The van der Waals surface area contributed by atoms with Crippen molar-refractivity contribution in [1.82, 2.24) is 5.32 Å². The molecule has 1 aliphatic rings. The molecule has 0 saturated carbocycles. The van der Waals surface area contributed by atoms with Crippen LogP contribution >= 0.6 is 11.8 Å². The van der Waals surface area contributed by atoms with E-state index in [1.807, 2.05) is 18.7 Å². The van der Waals surface area contributed by atoms with E-state index in [0.29, 0.717) is 6.04 Å². The molecule has 3 atom stereocenters. The van der Waals surface area contributed by atoms with E-state index in [4.69, 9.17) is 5.11 Å². The summed E-state index contributed by atoms with van der Waals surface area (Å²) in [6.07, 6.45) is 1.04. The van der Waals surface area contributed by atoms with E-state index in [0.717, 1.165) is 11.8 Å². The lowest BCUT2D eigenvalue weighted by atomic mass is 10.2. The van der Waals surface area contributed by atoms with Crippen LogP contribution in [0, 0.1) is 0 Å². The molecule has 0 amide bonds. The van der Waals surface area contributed by atoms with Gasteiger partial charge in [0.2, 0.25) is 0 Å². The predicted octanol–water partition coefficient (Wildman–Crippen LogP) is 0.851. The van der Waals surface area contributed by atoms with Crippen LogP contribution in [0.2, 0.25) is 0 Å². The smallest absolute Gasteiger partial charge is 0.0636 e. The highest BCUT2D eigenvalue weighted by Crippen LogP contribution is 2.25. The molecule has 2 nitrogen and oxygen atoms in total. The Balaban J connectivity index is 2.08. The minimum Gasteiger partial charge on any atom is -0.392 e. The summed E-state index contributed by atoms with van der Waals surface area (Å²) in [6.45, 7) is 4.81. The highest BCUT2D eigenvalue weighted by Gasteiger charge is 2.21. The lowest BCUT2D eigenvalue weighted by Crippen LogP contribution is -2.34. The van der Waals surface area contributed by atoms with Gasteiger partial charge in [-0.25, -0.2) is 0 Å². The normalized spacial score (nSPS) is 34.1. The van der Waals surface area contributed by atoms with Crippen LogP contribution in [0.4, 0.5) is 0 Å². The standard InChI is InChI=1S/C8H17NOS/c1-6(10)4-9-8-3-7(2)11-5-8/h6-10H,3-5H2,1-2H3. The molecule has 2 N–H and O–H groups in total. The van der Waals surface area contributed by atoms with Crippen molar-refractivity contribution in [3.8, 4) is 0 Å². The Bertz CT molecular complexity index is 119. The van der Waals surface area contributed by atoms with E-state index in [1.165, 1.54) is 12.2 Å². The fourth-order valence-electron chi connectivity index (χ4n) is 1.30. The van der Waals surface area contributed by atoms with Crippen LogP contribution in [0.3, 0.4) is 0 Å². The van der Waals surface area contributed by atoms with Gasteiger partial charge in [0.25, 0.3) is 0 Å². The van der Waals surface area contributed by atoms with E-state index in [2.05, 4.69) is 12.2 Å². The summed E-state index contributed by atoms with van der Waals surface area (Å²) in [4.78, 5) is 0. The molecule has 11 heavy (non-hydrogen) atoms. The van der Waals surface area contributed by atoms with E-state index >= 15 is 0 Å². The zero-order valence-electron chi connectivity index (χ0n) is 7.21. The Labute approximate surface area is 72.8 Å². The van der Waals surface area contributed by atoms with Gasteiger partial charge in [0.05, 0.1) is 6.10 Å². The molecular weight excluding hydrogens is 158 g/mol. The van der Waals surface area contributed by atoms with Crippen LogP contribution in [0.25, 0.3) is 0 Å². The van der Waals surface area contributed by atoms with Gasteiger partial charge in [-0.3, -0.25) is 0 Å². The summed E-state index contributed by atoms with van der Waals surface area (Å²) in [5, 5.41) is 13.1. The predicted molar refractivity (Wildman–Crippen MR) is 50.0 cm³/mol. The molecule has 0 spiro atoms. The maximum Gasteiger partial charge on any atom is 0.0636 e. The summed E-state index contributed by atoms with van der Waals surface area (Å²) >= 11 is 2.01. The minimum absolute atomic E-state index is 0.212. The first-order chi connectivity index (χ1) is 5.18. The molecule has 0 aromatic heterocycles. The van der Waals surface area contributed by atoms with Gasteiger partial charge in [0.15, 0.2) is 0 Å². The molecule has 0 radical (unpaired) electrons. The first kappa shape index (κ1) is 9.36. The molecule has 1 fully saturated rings. The molecule has 3 unspecified atom stereocenters. The second-order valence-electron chi connectivity index (χ2n) is 3.33. The highest BCUT2D eigenvalue weighted by molar-refractivity contribution is 8.00. The molecule has 1 aliphatic heterocycles. The number of rotatable bonds is 3. The molecule has 3 heteroatoms. The molecule has 0 aromatic rings. The maximum atomic E-state index is 9.01. The maximum absolute atomic E-state index is 9.01. The van der Waals surface area contributed by atoms with E-state index in [-0.39, 0.29) is 6.10 Å². The van der Waals surface area contributed by atoms with Gasteiger partial charge < -0.3 is 10.4 Å². The average Bonchev–Trinajstić information content (AvgIpc) is 2.31. The van der Waals surface area contributed by atoms with Gasteiger partial charge in [-0.1, -0.05) is 6.92 Å². The fraction of sp³-hybridized carbons (Fsp3) is 1.00. The van der Waals surface area contributed by atoms with Gasteiger partial charge >= 0.3 is 0 Å². The Morgan fingerprint density at radius 1 is 1.73 bits per heavy atom. The topological polar surface area (TPSA) is 32.3 Å². The van der Waals surface area contributed by atoms with Crippen LogP contribution in [-0.4, -0.2) is 34.8 Å². The van der Waals surface area contributed by atoms with Crippen molar-refractivity contribution in [2.45, 2.75) is 37.7 Å². The molecule has 1 heterocycles. The first-order valence-electron chi connectivity index (χ1n) is 4.21. The second-order valence-corrected chi connectivity index (χ2v) is 4.81. The van der Waals surface area contributed by atoms with Crippen molar-refractivity contribution in [2.24, 2.45) is 0 Å². The van der Waals surface area contributed by atoms with Crippen molar-refractivity contribution in [3.05, 3.63) is 0 Å². The lowest BCUT2D eigenvalue weighted by Gasteiger charge is -2.12. The van der Waals surface area contributed by atoms with Crippen molar-refractivity contribution >= 4 is 11.8 Å². The molecule has 0 aromatic carbocycles. The number of thioether (sulfide) groups is 1. The van der Waals surface area contributed by atoms with Gasteiger partial charge in [-0.2, -0.15) is 11.8 Å². The third-order valence-electron chi connectivity index (χ3n) is 1.90. The average molecular weight is 175 g/mol. The van der Waals surface area contributed by atoms with Gasteiger partial charge in [0.1, 0.15) is 0 Å². The zero-order valence-corrected chi connectivity index (χ0v) is 8.03. The van der Waals surface area contributed by atoms with E-state index < -0.39 is 0 Å². The van der Waals surface area contributed by atoms with Crippen LogP contribution in [0.5, 0.6) is 0 Å². The van der Waals surface area contributed by atoms with Crippen LogP contribution in [0.15, 0.2) is 0 Å². The summed E-state index contributed by atoms with van der Waals surface area (Å²) in [7, 11) is 0. The van der Waals surface area contributed by atoms with Crippen LogP contribution < -0.4 is 5.32 Å². The summed E-state index contributed by atoms with van der Waals surface area (Å²) in [5.41, 5.74) is 0. The third kappa shape index (κ3) is 3.45. The van der Waals surface area contributed by atoms with Crippen LogP contribution in [-0.2, 0) is 0 Å². The molecule has 1 rings (SSSR count). The Kier molecular flexibility index (Phi) is 3.69. The highest BCUT2D eigenvalue weighted by atomic mass is 32.2. The Morgan fingerprint density at radius 2 is 2.45 bits per heavy atom. The van der Waals surface area contributed by atoms with E-state index in [1.54, 1.807) is 0 Å². The zero-order chi connectivity index (χ0) is 8.27. The number of aliphatic hydroxyl groups is 1. The van der Waals surface area contributed by atoms with Crippen molar-refractivity contribution in [2.75, 3.05) is 12.3 Å². The van der Waals surface area contributed by atoms with Gasteiger partial charge in [0, 0.05) is 23.6 Å². The number of hydrogen-bond acceptors (Lipinski definition) is 3. The van der Waals surface area contributed by atoms with Crippen molar-refractivity contribution in [1.29, 1.82) is 0 Å². The number of hydrogen-bond donors (Lipinski definition) is 2. The van der Waals surface area contributed by atoms with Crippen molar-refractivity contribution in [3.63, 3.8) is 0 Å². The third-order valence-corrected chi connectivity index (χ3v) is 3.26. The quantitative estimate of drug-likeness (QED) is 0.667. The minimum atomic E-state index is -0.212. The molecule has 1 saturated heterocycles. The largest absolute Gasteiger partial charge is 0.392 e. The number of aliphatic hydroxyl groups excluding tert-OH is 1. The monoisotopic (exact) mass is 175 g/mol. The van der Waals surface area contributed by atoms with Crippen LogP contribution in [0.1, 0.15) is 20.3 Å². The Morgan fingerprint density at radius 3 is 2.91 bits per heavy atom. The molecule has 0 aliphatic carbocycles. The van der Waals surface area contributed by atoms with Crippen molar-refractivity contribution < 1.29 is 5.11 Å². The van der Waals surface area contributed by atoms with E-state index in [9.17, 15) is 0 Å². The molecule has 0 bridgehead atoms. The van der Waals surface area contributed by atoms with Gasteiger partial charge in [-0.05, 0) is 13.3 Å². The number of nitrogens with one attached hydrogen (secondary N) is 1. The summed E-state index contributed by atoms with van der Waals surface area (Å²) in [5.74, 6) is 1.20.